The lowest BCUT2D eigenvalue weighted by molar-refractivity contribution is 0.106. The second-order valence-electron chi connectivity index (χ2n) is 3.62. The van der Waals surface area contributed by atoms with Crippen molar-refractivity contribution in [3.63, 3.8) is 0 Å². The van der Waals surface area contributed by atoms with E-state index in [-0.39, 0.29) is 10.9 Å². The quantitative estimate of drug-likeness (QED) is 0.604. The lowest BCUT2D eigenvalue weighted by atomic mass is 10.0. The summed E-state index contributed by atoms with van der Waals surface area (Å²) in [6, 6.07) is 3.32. The second kappa shape index (κ2) is 5.05. The Kier molecular flexibility index (Phi) is 3.49. The van der Waals surface area contributed by atoms with E-state index in [1.807, 2.05) is 6.92 Å². The second-order valence-corrected chi connectivity index (χ2v) is 3.98. The molecule has 0 radical (unpaired) electrons. The standard InChI is InChI=1S/C12H11N3OS/c1-2-3-9-10(15-12(17)14-9)11(16)8-4-6-13-7-5-8/h4-7H,2-3H2,1H3. The van der Waals surface area contributed by atoms with Gasteiger partial charge in [0, 0.05) is 18.0 Å². The molecule has 2 heterocycles. The highest BCUT2D eigenvalue weighted by molar-refractivity contribution is 7.80. The lowest BCUT2D eigenvalue weighted by Gasteiger charge is -2.02. The van der Waals surface area contributed by atoms with Gasteiger partial charge >= 0.3 is 0 Å². The summed E-state index contributed by atoms with van der Waals surface area (Å²) in [7, 11) is 0. The summed E-state index contributed by atoms with van der Waals surface area (Å²) < 4.78 is 0. The molecule has 0 aromatic carbocycles. The van der Waals surface area contributed by atoms with Gasteiger partial charge in [-0.3, -0.25) is 9.78 Å². The number of thiocarbonyl (C=S) groups is 1. The molecule has 4 nitrogen and oxygen atoms in total. The third-order valence-electron chi connectivity index (χ3n) is 2.36. The van der Waals surface area contributed by atoms with E-state index in [1.165, 1.54) is 0 Å². The van der Waals surface area contributed by atoms with Crippen molar-refractivity contribution in [1.82, 2.24) is 4.98 Å². The normalized spacial score (nSPS) is 14.5. The van der Waals surface area contributed by atoms with Crippen molar-refractivity contribution < 1.29 is 4.79 Å². The fourth-order valence-electron chi connectivity index (χ4n) is 1.59. The Balaban J connectivity index is 2.29. The number of carbonyl (C=O) groups is 1. The monoisotopic (exact) mass is 245 g/mol. The highest BCUT2D eigenvalue weighted by Gasteiger charge is 2.24. The molecule has 2 rings (SSSR count). The SMILES string of the molecule is CCCC1=NC(=S)N=C1C(=O)c1ccncc1. The van der Waals surface area contributed by atoms with Crippen molar-refractivity contribution in [2.75, 3.05) is 0 Å². The summed E-state index contributed by atoms with van der Waals surface area (Å²) in [6.45, 7) is 2.03. The maximum atomic E-state index is 12.2. The number of rotatable bonds is 4. The average molecular weight is 245 g/mol. The minimum Gasteiger partial charge on any atom is -0.287 e. The first-order chi connectivity index (χ1) is 8.22. The van der Waals surface area contributed by atoms with Gasteiger partial charge in [0.05, 0.1) is 5.71 Å². The predicted octanol–water partition coefficient (Wildman–Crippen LogP) is 2.24. The zero-order chi connectivity index (χ0) is 12.3. The van der Waals surface area contributed by atoms with Gasteiger partial charge in [0.25, 0.3) is 0 Å². The van der Waals surface area contributed by atoms with Crippen molar-refractivity contribution in [1.29, 1.82) is 0 Å². The van der Waals surface area contributed by atoms with Crippen molar-refractivity contribution in [3.8, 4) is 0 Å². The fraction of sp³-hybridized carbons (Fsp3) is 0.250. The summed E-state index contributed by atoms with van der Waals surface area (Å²) in [5.41, 5.74) is 1.63. The third kappa shape index (κ3) is 2.50. The van der Waals surface area contributed by atoms with Gasteiger partial charge in [0.2, 0.25) is 10.9 Å². The zero-order valence-corrected chi connectivity index (χ0v) is 10.2. The fourth-order valence-corrected chi connectivity index (χ4v) is 1.79. The summed E-state index contributed by atoms with van der Waals surface area (Å²) in [5.74, 6) is -0.139. The van der Waals surface area contributed by atoms with Gasteiger partial charge in [0.1, 0.15) is 5.71 Å². The van der Waals surface area contributed by atoms with Crippen molar-refractivity contribution in [3.05, 3.63) is 30.1 Å². The maximum Gasteiger partial charge on any atom is 0.220 e. The van der Waals surface area contributed by atoms with Crippen LogP contribution in [0.25, 0.3) is 0 Å². The Morgan fingerprint density at radius 2 is 2.00 bits per heavy atom. The van der Waals surface area contributed by atoms with Crippen molar-refractivity contribution in [2.45, 2.75) is 19.8 Å². The van der Waals surface area contributed by atoms with Gasteiger partial charge in [-0.1, -0.05) is 13.3 Å². The summed E-state index contributed by atoms with van der Waals surface area (Å²) in [4.78, 5) is 24.2. The van der Waals surface area contributed by atoms with Crippen LogP contribution in [-0.4, -0.2) is 27.3 Å². The number of Topliss-reactive ketones (excluding diaryl/α,β-unsaturated/α-hetero) is 1. The van der Waals surface area contributed by atoms with Crippen LogP contribution in [0.5, 0.6) is 0 Å². The summed E-state index contributed by atoms with van der Waals surface area (Å²) in [5, 5.41) is 0.242. The van der Waals surface area contributed by atoms with Crippen LogP contribution in [0.2, 0.25) is 0 Å². The van der Waals surface area contributed by atoms with Crippen LogP contribution in [0.4, 0.5) is 0 Å². The molecule has 0 saturated heterocycles. The molecule has 0 bridgehead atoms. The lowest BCUT2D eigenvalue weighted by Crippen LogP contribution is -2.22. The Morgan fingerprint density at radius 1 is 1.29 bits per heavy atom. The molecule has 0 fully saturated rings. The van der Waals surface area contributed by atoms with Crippen LogP contribution < -0.4 is 0 Å². The van der Waals surface area contributed by atoms with Crippen molar-refractivity contribution >= 4 is 34.5 Å². The Hall–Kier alpha value is -1.75. The molecule has 1 aliphatic rings. The molecule has 0 aliphatic carbocycles. The highest BCUT2D eigenvalue weighted by Crippen LogP contribution is 2.10. The minimum absolute atomic E-state index is 0.139. The molecule has 0 saturated carbocycles. The largest absolute Gasteiger partial charge is 0.287 e. The van der Waals surface area contributed by atoms with E-state index in [2.05, 4.69) is 15.0 Å². The number of nitrogens with zero attached hydrogens (tertiary/aromatic N) is 3. The zero-order valence-electron chi connectivity index (χ0n) is 9.38. The first-order valence-electron chi connectivity index (χ1n) is 5.37. The number of hydrogen-bond donors (Lipinski definition) is 0. The van der Waals surface area contributed by atoms with E-state index < -0.39 is 0 Å². The van der Waals surface area contributed by atoms with Crippen LogP contribution in [-0.2, 0) is 0 Å². The molecule has 0 unspecified atom stereocenters. The molecule has 0 amide bonds. The van der Waals surface area contributed by atoms with Crippen LogP contribution in [0.1, 0.15) is 30.1 Å². The molecule has 0 spiro atoms. The van der Waals surface area contributed by atoms with E-state index in [1.54, 1.807) is 24.5 Å². The number of pyridine rings is 1. The van der Waals surface area contributed by atoms with Crippen LogP contribution in [0, 0.1) is 0 Å². The predicted molar refractivity (Wildman–Crippen MR) is 70.9 cm³/mol. The van der Waals surface area contributed by atoms with Gasteiger partial charge in [-0.15, -0.1) is 0 Å². The van der Waals surface area contributed by atoms with Crippen LogP contribution >= 0.6 is 12.2 Å². The number of ketones is 1. The molecular weight excluding hydrogens is 234 g/mol. The molecule has 5 heteroatoms. The van der Waals surface area contributed by atoms with E-state index in [0.717, 1.165) is 12.8 Å². The maximum absolute atomic E-state index is 12.2. The minimum atomic E-state index is -0.139. The summed E-state index contributed by atoms with van der Waals surface area (Å²) in [6.07, 6.45) is 4.79. The topological polar surface area (TPSA) is 54.7 Å². The Morgan fingerprint density at radius 3 is 2.65 bits per heavy atom. The molecular formula is C12H11N3OS. The van der Waals surface area contributed by atoms with E-state index in [4.69, 9.17) is 12.2 Å². The number of aromatic nitrogens is 1. The van der Waals surface area contributed by atoms with Gasteiger partial charge in [0.15, 0.2) is 0 Å². The van der Waals surface area contributed by atoms with E-state index in [9.17, 15) is 4.79 Å². The first kappa shape index (κ1) is 11.7. The molecule has 0 N–H and O–H groups in total. The summed E-state index contributed by atoms with van der Waals surface area (Å²) >= 11 is 4.92. The number of aliphatic imine (C=N–C) groups is 2. The molecule has 86 valence electrons. The Labute approximate surface area is 105 Å². The molecule has 1 aromatic rings. The van der Waals surface area contributed by atoms with E-state index >= 15 is 0 Å². The van der Waals surface area contributed by atoms with Crippen LogP contribution in [0.15, 0.2) is 34.5 Å². The molecule has 1 aromatic heterocycles. The number of hydrogen-bond acceptors (Lipinski definition) is 3. The van der Waals surface area contributed by atoms with Gasteiger partial charge in [-0.2, -0.15) is 0 Å². The van der Waals surface area contributed by atoms with E-state index in [0.29, 0.717) is 17.0 Å². The van der Waals surface area contributed by atoms with Gasteiger partial charge in [-0.25, -0.2) is 9.98 Å². The number of carbonyl (C=O) groups excluding carboxylic acids is 1. The van der Waals surface area contributed by atoms with Gasteiger partial charge < -0.3 is 0 Å². The molecule has 17 heavy (non-hydrogen) atoms. The highest BCUT2D eigenvalue weighted by atomic mass is 32.1. The molecule has 0 atom stereocenters. The van der Waals surface area contributed by atoms with Gasteiger partial charge in [-0.05, 0) is 30.8 Å². The average Bonchev–Trinajstić information content (AvgIpc) is 2.71. The Bertz CT molecular complexity index is 520. The smallest absolute Gasteiger partial charge is 0.220 e. The first-order valence-corrected chi connectivity index (χ1v) is 5.78. The third-order valence-corrected chi connectivity index (χ3v) is 2.54. The van der Waals surface area contributed by atoms with Crippen LogP contribution in [0.3, 0.4) is 0 Å². The van der Waals surface area contributed by atoms with Crippen molar-refractivity contribution in [2.24, 2.45) is 9.98 Å². The molecule has 1 aliphatic heterocycles.